The van der Waals surface area contributed by atoms with Crippen LogP contribution in [0.4, 0.5) is 5.69 Å². The van der Waals surface area contributed by atoms with Gasteiger partial charge in [0.1, 0.15) is 5.75 Å². The molecule has 0 bridgehead atoms. The molecule has 4 heteroatoms. The van der Waals surface area contributed by atoms with E-state index in [4.69, 9.17) is 10.5 Å². The van der Waals surface area contributed by atoms with E-state index in [0.29, 0.717) is 12.6 Å². The molecule has 0 saturated heterocycles. The molecule has 0 saturated carbocycles. The molecular weight excluding hydrogens is 274 g/mol. The first-order valence-electron chi connectivity index (χ1n) is 8.57. The van der Waals surface area contributed by atoms with Crippen molar-refractivity contribution in [3.63, 3.8) is 0 Å². The fourth-order valence-corrected chi connectivity index (χ4v) is 2.63. The number of nitrogen functional groups attached to an aromatic ring is 1. The van der Waals surface area contributed by atoms with E-state index in [0.717, 1.165) is 37.5 Å². The van der Waals surface area contributed by atoms with Crippen molar-refractivity contribution >= 4 is 5.69 Å². The molecule has 0 aromatic heterocycles. The van der Waals surface area contributed by atoms with Gasteiger partial charge < -0.3 is 20.7 Å². The largest absolute Gasteiger partial charge is 0.492 e. The van der Waals surface area contributed by atoms with Crippen LogP contribution in [-0.2, 0) is 6.42 Å². The second-order valence-corrected chi connectivity index (χ2v) is 5.74. The molecule has 3 N–H and O–H groups in total. The van der Waals surface area contributed by atoms with Crippen LogP contribution in [0.2, 0.25) is 0 Å². The smallest absolute Gasteiger partial charge is 0.142 e. The maximum absolute atomic E-state index is 6.02. The van der Waals surface area contributed by atoms with Crippen LogP contribution in [0.3, 0.4) is 0 Å². The summed E-state index contributed by atoms with van der Waals surface area (Å²) >= 11 is 0. The third-order valence-corrected chi connectivity index (χ3v) is 3.95. The fraction of sp³-hybridized carbons (Fsp3) is 0.667. The van der Waals surface area contributed by atoms with Crippen molar-refractivity contribution in [3.8, 4) is 5.75 Å². The maximum Gasteiger partial charge on any atom is 0.142 e. The molecular formula is C18H33N3O. The van der Waals surface area contributed by atoms with Crippen LogP contribution in [0.15, 0.2) is 18.2 Å². The summed E-state index contributed by atoms with van der Waals surface area (Å²) in [5.74, 6) is 0.783. The Hall–Kier alpha value is -1.26. The third kappa shape index (κ3) is 6.67. The molecule has 0 fully saturated rings. The van der Waals surface area contributed by atoms with Crippen LogP contribution in [0, 0.1) is 0 Å². The molecule has 1 aromatic carbocycles. The lowest BCUT2D eigenvalue weighted by atomic mass is 10.1. The van der Waals surface area contributed by atoms with E-state index in [9.17, 15) is 0 Å². The van der Waals surface area contributed by atoms with E-state index < -0.39 is 0 Å². The minimum Gasteiger partial charge on any atom is -0.492 e. The molecule has 0 spiro atoms. The zero-order valence-electron chi connectivity index (χ0n) is 14.7. The van der Waals surface area contributed by atoms with Gasteiger partial charge >= 0.3 is 0 Å². The Morgan fingerprint density at radius 3 is 2.55 bits per heavy atom. The lowest BCUT2D eigenvalue weighted by Crippen LogP contribution is -2.32. The average molecular weight is 307 g/mol. The van der Waals surface area contributed by atoms with Crippen molar-refractivity contribution in [1.82, 2.24) is 10.2 Å². The van der Waals surface area contributed by atoms with Crippen molar-refractivity contribution in [2.45, 2.75) is 46.6 Å². The highest BCUT2D eigenvalue weighted by atomic mass is 16.5. The Balaban J connectivity index is 2.32. The molecule has 0 aliphatic heterocycles. The quantitative estimate of drug-likeness (QED) is 0.487. The van der Waals surface area contributed by atoms with Crippen molar-refractivity contribution in [3.05, 3.63) is 23.8 Å². The number of rotatable bonds is 11. The van der Waals surface area contributed by atoms with Gasteiger partial charge in [0.25, 0.3) is 0 Å². The molecule has 0 radical (unpaired) electrons. The van der Waals surface area contributed by atoms with Crippen LogP contribution in [0.5, 0.6) is 5.75 Å². The topological polar surface area (TPSA) is 50.5 Å². The van der Waals surface area contributed by atoms with Gasteiger partial charge in [0.2, 0.25) is 0 Å². The van der Waals surface area contributed by atoms with Crippen LogP contribution >= 0.6 is 0 Å². The van der Waals surface area contributed by atoms with E-state index in [1.807, 2.05) is 19.1 Å². The number of nitrogens with two attached hydrogens (primary N) is 1. The highest BCUT2D eigenvalue weighted by Gasteiger charge is 2.06. The van der Waals surface area contributed by atoms with Gasteiger partial charge in [-0.2, -0.15) is 0 Å². The van der Waals surface area contributed by atoms with E-state index in [2.05, 4.69) is 37.1 Å². The summed E-state index contributed by atoms with van der Waals surface area (Å²) in [4.78, 5) is 2.46. The number of anilines is 1. The van der Waals surface area contributed by atoms with Crippen LogP contribution < -0.4 is 15.8 Å². The molecule has 126 valence electrons. The summed E-state index contributed by atoms with van der Waals surface area (Å²) in [6.07, 6.45) is 2.18. The Morgan fingerprint density at radius 1 is 1.23 bits per heavy atom. The Morgan fingerprint density at radius 2 is 1.95 bits per heavy atom. The number of hydrogen-bond donors (Lipinski definition) is 2. The lowest BCUT2D eigenvalue weighted by molar-refractivity contribution is 0.296. The van der Waals surface area contributed by atoms with Gasteiger partial charge in [0, 0.05) is 6.04 Å². The number of benzene rings is 1. The van der Waals surface area contributed by atoms with Gasteiger partial charge in [0.05, 0.1) is 12.3 Å². The molecule has 0 heterocycles. The van der Waals surface area contributed by atoms with Crippen LogP contribution in [0.25, 0.3) is 0 Å². The Bertz CT molecular complexity index is 419. The standard InChI is InChI=1S/C18H33N3O/c1-5-21(6-2)12-8-11-20-15(4)13-16-9-10-18(22-7-3)17(19)14-16/h9-10,14-15,20H,5-8,11-13,19H2,1-4H3. The monoisotopic (exact) mass is 307 g/mol. The summed E-state index contributed by atoms with van der Waals surface area (Å²) in [6, 6.07) is 6.56. The SMILES string of the molecule is CCOc1ccc(CC(C)NCCCN(CC)CC)cc1N. The molecule has 1 atom stereocenters. The van der Waals surface area contributed by atoms with E-state index >= 15 is 0 Å². The van der Waals surface area contributed by atoms with Crippen molar-refractivity contribution in [2.24, 2.45) is 0 Å². The van der Waals surface area contributed by atoms with Crippen molar-refractivity contribution in [2.75, 3.05) is 38.5 Å². The predicted molar refractivity (Wildman–Crippen MR) is 95.6 cm³/mol. The van der Waals surface area contributed by atoms with Gasteiger partial charge in [-0.25, -0.2) is 0 Å². The highest BCUT2D eigenvalue weighted by Crippen LogP contribution is 2.23. The zero-order chi connectivity index (χ0) is 16.4. The second-order valence-electron chi connectivity index (χ2n) is 5.74. The molecule has 0 amide bonds. The van der Waals surface area contributed by atoms with E-state index in [1.165, 1.54) is 18.5 Å². The van der Waals surface area contributed by atoms with Crippen molar-refractivity contribution in [1.29, 1.82) is 0 Å². The summed E-state index contributed by atoms with van der Waals surface area (Å²) in [6.45, 7) is 13.8. The van der Waals surface area contributed by atoms with Gasteiger partial charge in [0.15, 0.2) is 0 Å². The lowest BCUT2D eigenvalue weighted by Gasteiger charge is -2.19. The van der Waals surface area contributed by atoms with Crippen LogP contribution in [0.1, 0.15) is 39.7 Å². The Labute approximate surface area is 136 Å². The normalized spacial score (nSPS) is 12.6. The summed E-state index contributed by atoms with van der Waals surface area (Å²) in [5.41, 5.74) is 8.00. The number of hydrogen-bond acceptors (Lipinski definition) is 4. The maximum atomic E-state index is 6.02. The number of nitrogens with one attached hydrogen (secondary N) is 1. The van der Waals surface area contributed by atoms with Gasteiger partial charge in [-0.15, -0.1) is 0 Å². The molecule has 1 unspecified atom stereocenters. The second kappa shape index (κ2) is 10.5. The van der Waals surface area contributed by atoms with Gasteiger partial charge in [-0.05, 0) is 70.6 Å². The van der Waals surface area contributed by atoms with Gasteiger partial charge in [-0.3, -0.25) is 0 Å². The molecule has 1 rings (SSSR count). The first-order chi connectivity index (χ1) is 10.6. The summed E-state index contributed by atoms with van der Waals surface area (Å²) in [7, 11) is 0. The fourth-order valence-electron chi connectivity index (χ4n) is 2.63. The zero-order valence-corrected chi connectivity index (χ0v) is 14.7. The first kappa shape index (κ1) is 18.8. The minimum absolute atomic E-state index is 0.453. The molecule has 4 nitrogen and oxygen atoms in total. The number of ether oxygens (including phenoxy) is 1. The third-order valence-electron chi connectivity index (χ3n) is 3.95. The molecule has 1 aromatic rings. The highest BCUT2D eigenvalue weighted by molar-refractivity contribution is 5.54. The summed E-state index contributed by atoms with van der Waals surface area (Å²) < 4.78 is 5.47. The molecule has 0 aliphatic carbocycles. The Kier molecular flexibility index (Phi) is 8.94. The average Bonchev–Trinajstić information content (AvgIpc) is 2.50. The van der Waals surface area contributed by atoms with Gasteiger partial charge in [-0.1, -0.05) is 19.9 Å². The minimum atomic E-state index is 0.453. The van der Waals surface area contributed by atoms with Crippen LogP contribution in [-0.4, -0.2) is 43.7 Å². The molecule has 22 heavy (non-hydrogen) atoms. The number of nitrogens with zero attached hydrogens (tertiary/aromatic N) is 1. The first-order valence-corrected chi connectivity index (χ1v) is 8.57. The summed E-state index contributed by atoms with van der Waals surface area (Å²) in [5, 5.41) is 3.60. The van der Waals surface area contributed by atoms with E-state index in [-0.39, 0.29) is 0 Å². The molecule has 0 aliphatic rings. The van der Waals surface area contributed by atoms with E-state index in [1.54, 1.807) is 0 Å². The predicted octanol–water partition coefficient (Wildman–Crippen LogP) is 2.92. The van der Waals surface area contributed by atoms with Crippen molar-refractivity contribution < 1.29 is 4.74 Å².